The smallest absolute Gasteiger partial charge is 0.263 e. The lowest BCUT2D eigenvalue weighted by atomic mass is 9.91. The lowest BCUT2D eigenvalue weighted by molar-refractivity contribution is -0.181. The van der Waals surface area contributed by atoms with Crippen LogP contribution in [0.4, 0.5) is 32.0 Å². The largest absolute Gasteiger partial charge is 0.472 e. The molecule has 2 amide bonds. The van der Waals surface area contributed by atoms with Gasteiger partial charge in [0.1, 0.15) is 0 Å². The van der Waals surface area contributed by atoms with Crippen LogP contribution in [0.15, 0.2) is 18.2 Å². The maximum atomic E-state index is 12.9. The standard InChI is InChI=1S/C16H17F6NO2/c1-8(2)10-6-5-7-11(9(3)4)12(10)23(13(24)15(17,18)19)14(25)16(20,21)22/h5-9H,1-4H3. The van der Waals surface area contributed by atoms with Crippen molar-refractivity contribution in [2.45, 2.75) is 51.9 Å². The van der Waals surface area contributed by atoms with Gasteiger partial charge in [0, 0.05) is 0 Å². The third kappa shape index (κ3) is 4.52. The van der Waals surface area contributed by atoms with Gasteiger partial charge in [-0.15, -0.1) is 0 Å². The van der Waals surface area contributed by atoms with Crippen molar-refractivity contribution >= 4 is 17.5 Å². The van der Waals surface area contributed by atoms with Gasteiger partial charge in [-0.2, -0.15) is 26.3 Å². The molecule has 0 atom stereocenters. The fourth-order valence-electron chi connectivity index (χ4n) is 2.32. The number of anilines is 1. The molecule has 0 aliphatic heterocycles. The van der Waals surface area contributed by atoms with Crippen molar-refractivity contribution in [3.05, 3.63) is 29.3 Å². The minimum atomic E-state index is -5.64. The SMILES string of the molecule is CC(C)c1cccc(C(C)C)c1N(C(=O)C(F)(F)F)C(=O)C(F)(F)F. The number of nitrogens with zero attached hydrogens (tertiary/aromatic N) is 1. The number of para-hydroxylation sites is 1. The van der Waals surface area contributed by atoms with Crippen LogP contribution < -0.4 is 4.90 Å². The molecule has 0 aromatic heterocycles. The molecule has 0 heterocycles. The summed E-state index contributed by atoms with van der Waals surface area (Å²) in [6.07, 6.45) is -11.3. The normalized spacial score (nSPS) is 12.6. The van der Waals surface area contributed by atoms with E-state index in [0.29, 0.717) is 0 Å². The number of hydrogen-bond donors (Lipinski definition) is 0. The molecule has 0 aliphatic carbocycles. The van der Waals surface area contributed by atoms with Crippen LogP contribution in [0, 0.1) is 0 Å². The molecule has 0 saturated heterocycles. The fraction of sp³-hybridized carbons (Fsp3) is 0.500. The van der Waals surface area contributed by atoms with Crippen LogP contribution >= 0.6 is 0 Å². The quantitative estimate of drug-likeness (QED) is 0.710. The van der Waals surface area contributed by atoms with E-state index in [2.05, 4.69) is 0 Å². The first-order chi connectivity index (χ1) is 11.2. The van der Waals surface area contributed by atoms with E-state index in [0.717, 1.165) is 0 Å². The Labute approximate surface area is 140 Å². The van der Waals surface area contributed by atoms with Crippen LogP contribution in [0.5, 0.6) is 0 Å². The van der Waals surface area contributed by atoms with Gasteiger partial charge in [0.05, 0.1) is 5.69 Å². The zero-order valence-corrected chi connectivity index (χ0v) is 13.9. The van der Waals surface area contributed by atoms with Crippen LogP contribution in [0.25, 0.3) is 0 Å². The highest BCUT2D eigenvalue weighted by Crippen LogP contribution is 2.39. The Hall–Kier alpha value is -2.06. The molecule has 25 heavy (non-hydrogen) atoms. The van der Waals surface area contributed by atoms with Crippen molar-refractivity contribution in [2.24, 2.45) is 0 Å². The molecule has 3 nitrogen and oxygen atoms in total. The molecule has 9 heteroatoms. The molecule has 1 rings (SSSR count). The van der Waals surface area contributed by atoms with E-state index in [1.165, 1.54) is 45.9 Å². The first kappa shape index (κ1) is 21.0. The maximum Gasteiger partial charge on any atom is 0.472 e. The highest BCUT2D eigenvalue weighted by molar-refractivity contribution is 6.19. The summed E-state index contributed by atoms with van der Waals surface area (Å²) in [5, 5.41) is 0. The molecule has 0 saturated carbocycles. The Balaban J connectivity index is 3.83. The summed E-state index contributed by atoms with van der Waals surface area (Å²) in [4.78, 5) is 22.6. The first-order valence-corrected chi connectivity index (χ1v) is 7.34. The Bertz CT molecular complexity index is 609. The number of amides is 2. The number of alkyl halides is 6. The Morgan fingerprint density at radius 3 is 1.36 bits per heavy atom. The predicted octanol–water partition coefficient (Wildman–Crippen LogP) is 4.92. The van der Waals surface area contributed by atoms with Crippen molar-refractivity contribution < 1.29 is 35.9 Å². The van der Waals surface area contributed by atoms with Gasteiger partial charge >= 0.3 is 24.2 Å². The maximum absolute atomic E-state index is 12.9. The molecule has 0 bridgehead atoms. The zero-order chi connectivity index (χ0) is 19.7. The molecular weight excluding hydrogens is 352 g/mol. The summed E-state index contributed by atoms with van der Waals surface area (Å²) in [5.74, 6) is -6.77. The van der Waals surface area contributed by atoms with Crippen LogP contribution in [-0.4, -0.2) is 24.2 Å². The monoisotopic (exact) mass is 369 g/mol. The summed E-state index contributed by atoms with van der Waals surface area (Å²) in [6.45, 7) is 6.16. The van der Waals surface area contributed by atoms with Crippen molar-refractivity contribution in [3.63, 3.8) is 0 Å². The van der Waals surface area contributed by atoms with E-state index >= 15 is 0 Å². The first-order valence-electron chi connectivity index (χ1n) is 7.34. The molecule has 0 N–H and O–H groups in total. The number of imide groups is 1. The average molecular weight is 369 g/mol. The molecule has 0 spiro atoms. The van der Waals surface area contributed by atoms with Crippen LogP contribution in [0.2, 0.25) is 0 Å². The summed E-state index contributed by atoms with van der Waals surface area (Å²) >= 11 is 0. The van der Waals surface area contributed by atoms with E-state index in [-0.39, 0.29) is 11.1 Å². The Morgan fingerprint density at radius 1 is 0.800 bits per heavy atom. The van der Waals surface area contributed by atoms with Gasteiger partial charge in [-0.05, 0) is 23.0 Å². The van der Waals surface area contributed by atoms with Crippen LogP contribution in [0.1, 0.15) is 50.7 Å². The summed E-state index contributed by atoms with van der Waals surface area (Å²) in [5.41, 5.74) is -0.569. The molecular formula is C16H17F6NO2. The Kier molecular flexibility index (Phi) is 5.92. The minimum absolute atomic E-state index is 0.0430. The van der Waals surface area contributed by atoms with Gasteiger partial charge in [0.25, 0.3) is 0 Å². The third-order valence-electron chi connectivity index (χ3n) is 3.46. The predicted molar refractivity (Wildman–Crippen MR) is 79.2 cm³/mol. The van der Waals surface area contributed by atoms with Gasteiger partial charge in [-0.1, -0.05) is 45.9 Å². The topological polar surface area (TPSA) is 37.4 Å². The Morgan fingerprint density at radius 2 is 1.12 bits per heavy atom. The molecule has 0 fully saturated rings. The van der Waals surface area contributed by atoms with Gasteiger partial charge < -0.3 is 0 Å². The second kappa shape index (κ2) is 7.05. The summed E-state index contributed by atoms with van der Waals surface area (Å²) < 4.78 is 77.3. The summed E-state index contributed by atoms with van der Waals surface area (Å²) in [6, 6.07) is 4.06. The number of halogens is 6. The van der Waals surface area contributed by atoms with E-state index in [1.54, 1.807) is 0 Å². The van der Waals surface area contributed by atoms with Crippen molar-refractivity contribution in [1.29, 1.82) is 0 Å². The number of benzene rings is 1. The van der Waals surface area contributed by atoms with Gasteiger partial charge in [0.15, 0.2) is 0 Å². The van der Waals surface area contributed by atoms with E-state index in [1.807, 2.05) is 0 Å². The van der Waals surface area contributed by atoms with Gasteiger partial charge in [-0.25, -0.2) is 4.90 Å². The fourth-order valence-corrected chi connectivity index (χ4v) is 2.32. The van der Waals surface area contributed by atoms with E-state index < -0.39 is 46.6 Å². The average Bonchev–Trinajstić information content (AvgIpc) is 2.44. The van der Waals surface area contributed by atoms with Crippen molar-refractivity contribution in [3.8, 4) is 0 Å². The molecule has 0 aliphatic rings. The molecule has 1 aromatic carbocycles. The minimum Gasteiger partial charge on any atom is -0.263 e. The van der Waals surface area contributed by atoms with E-state index in [4.69, 9.17) is 0 Å². The lowest BCUT2D eigenvalue weighted by Gasteiger charge is -2.29. The lowest BCUT2D eigenvalue weighted by Crippen LogP contribution is -2.51. The zero-order valence-electron chi connectivity index (χ0n) is 13.9. The molecule has 140 valence electrons. The second-order valence-corrected chi connectivity index (χ2v) is 6.04. The number of rotatable bonds is 3. The molecule has 0 radical (unpaired) electrons. The van der Waals surface area contributed by atoms with Crippen LogP contribution in [-0.2, 0) is 9.59 Å². The van der Waals surface area contributed by atoms with Crippen molar-refractivity contribution in [2.75, 3.05) is 4.90 Å². The second-order valence-electron chi connectivity index (χ2n) is 6.04. The number of carbonyl (C=O) groups is 2. The third-order valence-corrected chi connectivity index (χ3v) is 3.46. The molecule has 1 aromatic rings. The number of hydrogen-bond acceptors (Lipinski definition) is 2. The molecule has 0 unspecified atom stereocenters. The van der Waals surface area contributed by atoms with Gasteiger partial charge in [0.2, 0.25) is 0 Å². The van der Waals surface area contributed by atoms with Crippen LogP contribution in [0.3, 0.4) is 0 Å². The van der Waals surface area contributed by atoms with Crippen molar-refractivity contribution in [1.82, 2.24) is 0 Å². The van der Waals surface area contributed by atoms with Gasteiger partial charge in [-0.3, -0.25) is 9.59 Å². The summed E-state index contributed by atoms with van der Waals surface area (Å²) in [7, 11) is 0. The highest BCUT2D eigenvalue weighted by Gasteiger charge is 2.53. The highest BCUT2D eigenvalue weighted by atomic mass is 19.4. The van der Waals surface area contributed by atoms with E-state index in [9.17, 15) is 35.9 Å². The number of carbonyl (C=O) groups excluding carboxylic acids is 2.